The molecule has 0 saturated heterocycles. The highest BCUT2D eigenvalue weighted by Crippen LogP contribution is 2.43. The Bertz CT molecular complexity index is 1050. The topological polar surface area (TPSA) is 149 Å². The van der Waals surface area contributed by atoms with Crippen LogP contribution in [-0.2, 0) is 32.7 Å². The number of carbonyl (C=O) groups excluding carboxylic acids is 2. The third-order valence-corrected chi connectivity index (χ3v) is 11.8. The second kappa shape index (κ2) is 45.5. The second-order valence-electron chi connectivity index (χ2n) is 16.8. The smallest absolute Gasteiger partial charge is 0.462 e. The van der Waals surface area contributed by atoms with Gasteiger partial charge in [-0.15, -0.1) is 0 Å². The monoisotopic (exact) mass is 873 g/mol. The minimum Gasteiger partial charge on any atom is -0.462 e. The fourth-order valence-electron chi connectivity index (χ4n) is 6.98. The van der Waals surface area contributed by atoms with Crippen molar-refractivity contribution in [2.75, 3.05) is 26.4 Å². The highest BCUT2D eigenvalue weighted by Gasteiger charge is 2.27. The van der Waals surface area contributed by atoms with E-state index in [1.54, 1.807) is 0 Å². The van der Waals surface area contributed by atoms with Gasteiger partial charge in [-0.25, -0.2) is 4.57 Å². The Hall–Kier alpha value is -1.55. The first-order valence-electron chi connectivity index (χ1n) is 24.8. The maximum Gasteiger partial charge on any atom is 0.472 e. The number of rotatable bonds is 47. The SMILES string of the molecule is CCCCCCC/C=C\CCCCCCCC(=O)OCC(COP(=O)(O)OCC(O)CO)OC(=O)CCCCCCCCCCCCC/C=C\CCCCCCCCCC. The number of aliphatic hydroxyl groups is 2. The molecule has 0 aliphatic heterocycles. The van der Waals surface area contributed by atoms with Gasteiger partial charge in [-0.05, 0) is 64.2 Å². The van der Waals surface area contributed by atoms with Crippen LogP contribution in [-0.4, -0.2) is 65.7 Å². The van der Waals surface area contributed by atoms with Gasteiger partial charge < -0.3 is 24.6 Å². The van der Waals surface area contributed by atoms with Crippen LogP contribution in [0.4, 0.5) is 0 Å². The number of unbranched alkanes of at least 4 members (excludes halogenated alkanes) is 29. The number of aliphatic hydroxyl groups excluding tert-OH is 2. The molecule has 0 aromatic rings. The molecule has 0 spiro atoms. The molecule has 10 nitrogen and oxygen atoms in total. The van der Waals surface area contributed by atoms with E-state index in [4.69, 9.17) is 23.6 Å². The predicted octanol–water partition coefficient (Wildman–Crippen LogP) is 13.7. The Morgan fingerprint density at radius 3 is 1.20 bits per heavy atom. The molecule has 0 fully saturated rings. The summed E-state index contributed by atoms with van der Waals surface area (Å²) >= 11 is 0. The number of hydrogen-bond acceptors (Lipinski definition) is 9. The molecule has 60 heavy (non-hydrogen) atoms. The maximum absolute atomic E-state index is 12.7. The molecule has 0 radical (unpaired) electrons. The minimum absolute atomic E-state index is 0.184. The molecule has 0 heterocycles. The summed E-state index contributed by atoms with van der Waals surface area (Å²) in [5, 5.41) is 18.4. The third-order valence-electron chi connectivity index (χ3n) is 10.8. The van der Waals surface area contributed by atoms with Crippen molar-refractivity contribution in [2.24, 2.45) is 0 Å². The van der Waals surface area contributed by atoms with Crippen molar-refractivity contribution < 1.29 is 47.8 Å². The predicted molar refractivity (Wildman–Crippen MR) is 247 cm³/mol. The van der Waals surface area contributed by atoms with Crippen LogP contribution in [0, 0.1) is 0 Å². The molecule has 0 aliphatic rings. The lowest BCUT2D eigenvalue weighted by molar-refractivity contribution is -0.161. The first-order valence-corrected chi connectivity index (χ1v) is 26.3. The Morgan fingerprint density at radius 1 is 0.483 bits per heavy atom. The molecule has 0 amide bonds. The van der Waals surface area contributed by atoms with Gasteiger partial charge >= 0.3 is 19.8 Å². The highest BCUT2D eigenvalue weighted by molar-refractivity contribution is 7.47. The summed E-state index contributed by atoms with van der Waals surface area (Å²) in [5.41, 5.74) is 0. The zero-order valence-corrected chi connectivity index (χ0v) is 39.6. The van der Waals surface area contributed by atoms with Gasteiger partial charge in [0.15, 0.2) is 6.10 Å². The van der Waals surface area contributed by atoms with Crippen LogP contribution in [0.3, 0.4) is 0 Å². The Morgan fingerprint density at radius 2 is 0.817 bits per heavy atom. The summed E-state index contributed by atoms with van der Waals surface area (Å²) in [6.07, 6.45) is 47.2. The highest BCUT2D eigenvalue weighted by atomic mass is 31.2. The molecular weight excluding hydrogens is 780 g/mol. The van der Waals surface area contributed by atoms with Crippen LogP contribution in [0.1, 0.15) is 239 Å². The molecule has 354 valence electrons. The van der Waals surface area contributed by atoms with Gasteiger partial charge in [0.25, 0.3) is 0 Å². The van der Waals surface area contributed by atoms with Gasteiger partial charge in [0.05, 0.1) is 19.8 Å². The number of phosphoric ester groups is 1. The van der Waals surface area contributed by atoms with E-state index < -0.39 is 51.8 Å². The largest absolute Gasteiger partial charge is 0.472 e. The van der Waals surface area contributed by atoms with Crippen molar-refractivity contribution in [1.29, 1.82) is 0 Å². The lowest BCUT2D eigenvalue weighted by Crippen LogP contribution is -2.29. The summed E-state index contributed by atoms with van der Waals surface area (Å²) in [6.45, 7) is 2.39. The van der Waals surface area contributed by atoms with Crippen LogP contribution in [0.2, 0.25) is 0 Å². The van der Waals surface area contributed by atoms with Crippen LogP contribution in [0.25, 0.3) is 0 Å². The summed E-state index contributed by atoms with van der Waals surface area (Å²) in [7, 11) is -4.62. The summed E-state index contributed by atoms with van der Waals surface area (Å²) < 4.78 is 32.8. The van der Waals surface area contributed by atoms with Crippen molar-refractivity contribution in [3.05, 3.63) is 24.3 Å². The van der Waals surface area contributed by atoms with Crippen LogP contribution in [0.5, 0.6) is 0 Å². The van der Waals surface area contributed by atoms with Crippen molar-refractivity contribution in [2.45, 2.75) is 251 Å². The second-order valence-corrected chi connectivity index (χ2v) is 18.3. The lowest BCUT2D eigenvalue weighted by Gasteiger charge is -2.20. The summed E-state index contributed by atoms with van der Waals surface area (Å²) in [6, 6.07) is 0. The van der Waals surface area contributed by atoms with Gasteiger partial charge in [0.1, 0.15) is 12.7 Å². The first kappa shape index (κ1) is 58.5. The van der Waals surface area contributed by atoms with Gasteiger partial charge in [-0.2, -0.15) is 0 Å². The normalized spacial score (nSPS) is 13.9. The lowest BCUT2D eigenvalue weighted by atomic mass is 10.0. The Balaban J connectivity index is 4.16. The summed E-state index contributed by atoms with van der Waals surface area (Å²) in [5.74, 6) is -0.926. The fraction of sp³-hybridized carbons (Fsp3) is 0.878. The molecule has 0 saturated carbocycles. The van der Waals surface area contributed by atoms with Crippen molar-refractivity contribution in [3.8, 4) is 0 Å². The van der Waals surface area contributed by atoms with Crippen molar-refractivity contribution in [1.82, 2.24) is 0 Å². The fourth-order valence-corrected chi connectivity index (χ4v) is 7.77. The van der Waals surface area contributed by atoms with E-state index in [0.717, 1.165) is 51.4 Å². The van der Waals surface area contributed by atoms with Crippen molar-refractivity contribution in [3.63, 3.8) is 0 Å². The standard InChI is InChI=1S/C49H93O10P/c1-3-5-7-9-11-13-15-17-19-20-21-22-23-24-25-26-27-29-31-33-35-37-39-41-49(53)59-47(45-58-60(54,55)57-43-46(51)42-50)44-56-48(52)40-38-36-34-32-30-28-18-16-14-12-10-8-6-4-2/h16,18,20-21,46-47,50-51H,3-15,17,19,22-45H2,1-2H3,(H,54,55)/b18-16-,21-20-. The third kappa shape index (κ3) is 44.5. The van der Waals surface area contributed by atoms with Gasteiger partial charge in [-0.3, -0.25) is 18.6 Å². The van der Waals surface area contributed by atoms with Crippen LogP contribution < -0.4 is 0 Å². The molecule has 11 heteroatoms. The number of hydrogen-bond donors (Lipinski definition) is 3. The van der Waals surface area contributed by atoms with E-state index in [1.165, 1.54) is 148 Å². The quantitative estimate of drug-likeness (QED) is 0.0233. The molecule has 0 aromatic heterocycles. The zero-order chi connectivity index (χ0) is 44.0. The molecule has 0 rings (SSSR count). The van der Waals surface area contributed by atoms with Gasteiger partial charge in [-0.1, -0.05) is 186 Å². The van der Waals surface area contributed by atoms with Crippen LogP contribution >= 0.6 is 7.82 Å². The average molecular weight is 873 g/mol. The van der Waals surface area contributed by atoms with E-state index in [1.807, 2.05) is 0 Å². The number of allylic oxidation sites excluding steroid dienone is 4. The van der Waals surface area contributed by atoms with Crippen molar-refractivity contribution >= 4 is 19.8 Å². The van der Waals surface area contributed by atoms with E-state index in [0.29, 0.717) is 12.8 Å². The van der Waals surface area contributed by atoms with Gasteiger partial charge in [0.2, 0.25) is 0 Å². The van der Waals surface area contributed by atoms with E-state index >= 15 is 0 Å². The molecule has 0 bridgehead atoms. The number of ether oxygens (including phenoxy) is 2. The molecule has 3 atom stereocenters. The first-order chi connectivity index (χ1) is 29.2. The number of carbonyl (C=O) groups is 2. The maximum atomic E-state index is 12.7. The van der Waals surface area contributed by atoms with E-state index in [-0.39, 0.29) is 19.4 Å². The Labute approximate surface area is 368 Å². The van der Waals surface area contributed by atoms with E-state index in [2.05, 4.69) is 38.2 Å². The van der Waals surface area contributed by atoms with Gasteiger partial charge in [0, 0.05) is 12.8 Å². The number of esters is 2. The molecular formula is C49H93O10P. The number of phosphoric acid groups is 1. The van der Waals surface area contributed by atoms with E-state index in [9.17, 15) is 24.2 Å². The zero-order valence-electron chi connectivity index (χ0n) is 38.7. The average Bonchev–Trinajstić information content (AvgIpc) is 3.24. The minimum atomic E-state index is -4.62. The molecule has 0 aliphatic carbocycles. The molecule has 0 aromatic carbocycles. The van der Waals surface area contributed by atoms with Crippen LogP contribution in [0.15, 0.2) is 24.3 Å². The summed E-state index contributed by atoms with van der Waals surface area (Å²) in [4.78, 5) is 35.1. The Kier molecular flexibility index (Phi) is 44.3. The molecule has 3 N–H and O–H groups in total. The molecule has 3 unspecified atom stereocenters.